The van der Waals surface area contributed by atoms with Crippen molar-refractivity contribution in [3.05, 3.63) is 29.1 Å². The third kappa shape index (κ3) is 2.79. The average molecular weight is 293 g/mol. The second-order valence-electron chi connectivity index (χ2n) is 6.29. The van der Waals surface area contributed by atoms with Crippen LogP contribution in [0.15, 0.2) is 12.1 Å². The van der Waals surface area contributed by atoms with E-state index in [1.165, 1.54) is 18.9 Å². The van der Waals surface area contributed by atoms with Crippen molar-refractivity contribution in [2.45, 2.75) is 57.8 Å². The van der Waals surface area contributed by atoms with Crippen LogP contribution in [0.4, 0.5) is 10.1 Å². The number of anilines is 1. The van der Waals surface area contributed by atoms with E-state index in [0.717, 1.165) is 25.1 Å². The third-order valence-electron chi connectivity index (χ3n) is 4.80. The van der Waals surface area contributed by atoms with Gasteiger partial charge in [0.1, 0.15) is 5.82 Å². The molecule has 1 saturated heterocycles. The van der Waals surface area contributed by atoms with Crippen molar-refractivity contribution >= 4 is 5.69 Å². The maximum Gasteiger partial charge on any atom is 0.126 e. The number of ether oxygens (including phenoxy) is 1. The Labute approximate surface area is 125 Å². The van der Waals surface area contributed by atoms with Crippen LogP contribution >= 0.6 is 0 Å². The maximum absolute atomic E-state index is 13.9. The molecule has 0 aromatic heterocycles. The Hall–Kier alpha value is -1.13. The monoisotopic (exact) mass is 293 g/mol. The molecule has 116 valence electrons. The van der Waals surface area contributed by atoms with Crippen LogP contribution in [0.5, 0.6) is 0 Å². The molecule has 21 heavy (non-hydrogen) atoms. The summed E-state index contributed by atoms with van der Waals surface area (Å²) < 4.78 is 19.8. The summed E-state index contributed by atoms with van der Waals surface area (Å²) in [7, 11) is 0. The summed E-state index contributed by atoms with van der Waals surface area (Å²) >= 11 is 0. The van der Waals surface area contributed by atoms with Crippen LogP contribution in [0.2, 0.25) is 0 Å². The second-order valence-corrected chi connectivity index (χ2v) is 6.29. The molecular weight excluding hydrogens is 269 g/mol. The molecule has 2 fully saturated rings. The Morgan fingerprint density at radius 1 is 1.33 bits per heavy atom. The van der Waals surface area contributed by atoms with Crippen molar-refractivity contribution in [3.8, 4) is 0 Å². The van der Waals surface area contributed by atoms with Gasteiger partial charge in [-0.2, -0.15) is 0 Å². The molecule has 3 rings (SSSR count). The van der Waals surface area contributed by atoms with Crippen LogP contribution in [0, 0.1) is 12.7 Å². The largest absolute Gasteiger partial charge is 0.389 e. The van der Waals surface area contributed by atoms with Gasteiger partial charge in [0, 0.05) is 17.8 Å². The summed E-state index contributed by atoms with van der Waals surface area (Å²) in [6.45, 7) is 5.00. The maximum atomic E-state index is 13.9. The molecule has 2 aliphatic rings. The van der Waals surface area contributed by atoms with Crippen LogP contribution in [-0.4, -0.2) is 30.4 Å². The molecule has 0 spiro atoms. The lowest BCUT2D eigenvalue weighted by molar-refractivity contribution is -0.00888. The van der Waals surface area contributed by atoms with Crippen LogP contribution < -0.4 is 4.90 Å². The zero-order chi connectivity index (χ0) is 15.0. The van der Waals surface area contributed by atoms with Crippen LogP contribution in [0.3, 0.4) is 0 Å². The molecule has 1 saturated carbocycles. The van der Waals surface area contributed by atoms with E-state index >= 15 is 0 Å². The first kappa shape index (κ1) is 14.8. The summed E-state index contributed by atoms with van der Waals surface area (Å²) in [5.41, 5.74) is 2.29. The van der Waals surface area contributed by atoms with E-state index in [4.69, 9.17) is 4.74 Å². The molecule has 3 nitrogen and oxygen atoms in total. The van der Waals surface area contributed by atoms with E-state index < -0.39 is 6.10 Å². The summed E-state index contributed by atoms with van der Waals surface area (Å²) in [4.78, 5) is 2.34. The SMILES string of the molecule is Cc1cc(N2CCOC3CCCCC32)c(C(C)O)cc1F. The van der Waals surface area contributed by atoms with Gasteiger partial charge >= 0.3 is 0 Å². The molecule has 1 aliphatic heterocycles. The van der Waals surface area contributed by atoms with E-state index in [-0.39, 0.29) is 11.9 Å². The van der Waals surface area contributed by atoms with Crippen LogP contribution in [0.25, 0.3) is 0 Å². The second kappa shape index (κ2) is 5.93. The van der Waals surface area contributed by atoms with E-state index in [0.29, 0.717) is 23.8 Å². The van der Waals surface area contributed by atoms with Gasteiger partial charge in [-0.1, -0.05) is 12.8 Å². The van der Waals surface area contributed by atoms with Gasteiger partial charge in [0.15, 0.2) is 0 Å². The summed E-state index contributed by atoms with van der Waals surface area (Å²) in [5.74, 6) is -0.247. The van der Waals surface area contributed by atoms with Gasteiger partial charge < -0.3 is 14.7 Å². The van der Waals surface area contributed by atoms with E-state index in [1.54, 1.807) is 13.8 Å². The van der Waals surface area contributed by atoms with Crippen molar-refractivity contribution in [1.29, 1.82) is 0 Å². The first-order valence-corrected chi connectivity index (χ1v) is 7.94. The molecule has 0 radical (unpaired) electrons. The normalized spacial score (nSPS) is 27.3. The molecule has 3 unspecified atom stereocenters. The predicted molar refractivity (Wildman–Crippen MR) is 81.1 cm³/mol. The highest BCUT2D eigenvalue weighted by Crippen LogP contribution is 2.36. The Morgan fingerprint density at radius 2 is 2.10 bits per heavy atom. The Morgan fingerprint density at radius 3 is 2.86 bits per heavy atom. The summed E-state index contributed by atoms with van der Waals surface area (Å²) in [5, 5.41) is 10.0. The third-order valence-corrected chi connectivity index (χ3v) is 4.80. The van der Waals surface area contributed by atoms with Gasteiger partial charge in [0.2, 0.25) is 0 Å². The van der Waals surface area contributed by atoms with Gasteiger partial charge in [0.25, 0.3) is 0 Å². The standard InChI is InChI=1S/C17H24FNO2/c1-11-9-16(13(12(2)20)10-14(11)18)19-7-8-21-17-6-4-3-5-15(17)19/h9-10,12,15,17,20H,3-8H2,1-2H3. The molecule has 4 heteroatoms. The summed E-state index contributed by atoms with van der Waals surface area (Å²) in [6.07, 6.45) is 4.26. The highest BCUT2D eigenvalue weighted by atomic mass is 19.1. The quantitative estimate of drug-likeness (QED) is 0.908. The van der Waals surface area contributed by atoms with Gasteiger partial charge in [0.05, 0.1) is 24.9 Å². The number of aliphatic hydroxyl groups excluding tert-OH is 1. The minimum Gasteiger partial charge on any atom is -0.389 e. The smallest absolute Gasteiger partial charge is 0.126 e. The van der Waals surface area contributed by atoms with Gasteiger partial charge in [-0.25, -0.2) is 4.39 Å². The molecule has 0 amide bonds. The number of halogens is 1. The van der Waals surface area contributed by atoms with Crippen molar-refractivity contribution < 1.29 is 14.2 Å². The molecule has 1 heterocycles. The fourth-order valence-electron chi connectivity index (χ4n) is 3.66. The first-order valence-electron chi connectivity index (χ1n) is 7.94. The lowest BCUT2D eigenvalue weighted by Gasteiger charge is -2.46. The molecule has 3 atom stereocenters. The lowest BCUT2D eigenvalue weighted by atomic mass is 9.89. The lowest BCUT2D eigenvalue weighted by Crippen LogP contribution is -2.53. The zero-order valence-electron chi connectivity index (χ0n) is 12.8. The Bertz CT molecular complexity index is 516. The topological polar surface area (TPSA) is 32.7 Å². The number of fused-ring (bicyclic) bond motifs is 1. The summed E-state index contributed by atoms with van der Waals surface area (Å²) in [6, 6.07) is 3.73. The van der Waals surface area contributed by atoms with Crippen molar-refractivity contribution in [3.63, 3.8) is 0 Å². The Balaban J connectivity index is 1.99. The Kier molecular flexibility index (Phi) is 4.18. The highest BCUT2D eigenvalue weighted by molar-refractivity contribution is 5.58. The van der Waals surface area contributed by atoms with E-state index in [2.05, 4.69) is 4.90 Å². The number of rotatable bonds is 2. The average Bonchev–Trinajstić information content (AvgIpc) is 2.49. The van der Waals surface area contributed by atoms with Gasteiger partial charge in [-0.15, -0.1) is 0 Å². The molecule has 0 bridgehead atoms. The van der Waals surface area contributed by atoms with Crippen molar-refractivity contribution in [1.82, 2.24) is 0 Å². The zero-order valence-corrected chi connectivity index (χ0v) is 12.8. The molecule has 1 aliphatic carbocycles. The number of aryl methyl sites for hydroxylation is 1. The minimum atomic E-state index is -0.667. The fourth-order valence-corrected chi connectivity index (χ4v) is 3.66. The number of hydrogen-bond donors (Lipinski definition) is 1. The van der Waals surface area contributed by atoms with Crippen LogP contribution in [-0.2, 0) is 4.74 Å². The fraction of sp³-hybridized carbons (Fsp3) is 0.647. The molecular formula is C17H24FNO2. The van der Waals surface area contributed by atoms with Crippen molar-refractivity contribution in [2.24, 2.45) is 0 Å². The molecule has 1 aromatic rings. The van der Waals surface area contributed by atoms with E-state index in [1.807, 2.05) is 6.07 Å². The highest BCUT2D eigenvalue weighted by Gasteiger charge is 2.35. The van der Waals surface area contributed by atoms with Gasteiger partial charge in [-0.05, 0) is 44.4 Å². The number of nitrogens with zero attached hydrogens (tertiary/aromatic N) is 1. The van der Waals surface area contributed by atoms with E-state index in [9.17, 15) is 9.50 Å². The molecule has 1 aromatic carbocycles. The first-order chi connectivity index (χ1) is 10.1. The number of hydrogen-bond acceptors (Lipinski definition) is 3. The minimum absolute atomic E-state index is 0.247. The van der Waals surface area contributed by atoms with Crippen molar-refractivity contribution in [2.75, 3.05) is 18.1 Å². The molecule has 1 N–H and O–H groups in total. The number of aliphatic hydroxyl groups is 1. The predicted octanol–water partition coefficient (Wildman–Crippen LogP) is 3.34. The number of morpholine rings is 1. The van der Waals surface area contributed by atoms with Crippen LogP contribution in [0.1, 0.15) is 49.8 Å². The van der Waals surface area contributed by atoms with Gasteiger partial charge in [-0.3, -0.25) is 0 Å². The number of benzene rings is 1.